The number of benzene rings is 1. The van der Waals surface area contributed by atoms with Gasteiger partial charge in [-0.2, -0.15) is 5.10 Å². The highest BCUT2D eigenvalue weighted by atomic mass is 16.2. The lowest BCUT2D eigenvalue weighted by atomic mass is 10.1. The number of H-pyrrole nitrogens is 1. The highest BCUT2D eigenvalue weighted by Crippen LogP contribution is 2.39. The van der Waals surface area contributed by atoms with Crippen molar-refractivity contribution in [2.45, 2.75) is 37.6 Å². The summed E-state index contributed by atoms with van der Waals surface area (Å²) >= 11 is 0. The summed E-state index contributed by atoms with van der Waals surface area (Å²) in [4.78, 5) is 14.5. The maximum Gasteiger partial charge on any atom is 0.274 e. The fraction of sp³-hybridized carbons (Fsp3) is 0.412. The Labute approximate surface area is 124 Å². The van der Waals surface area contributed by atoms with Crippen LogP contribution in [0, 0.1) is 0 Å². The Hall–Kier alpha value is -2.10. The van der Waals surface area contributed by atoms with Crippen molar-refractivity contribution in [2.24, 2.45) is 0 Å². The zero-order valence-corrected chi connectivity index (χ0v) is 12.2. The number of carbonyl (C=O) groups excluding carboxylic acids is 1. The highest BCUT2D eigenvalue weighted by molar-refractivity contribution is 5.92. The van der Waals surface area contributed by atoms with Crippen LogP contribution in [-0.4, -0.2) is 28.1 Å². The molecule has 0 saturated heterocycles. The Morgan fingerprint density at radius 3 is 2.90 bits per heavy atom. The van der Waals surface area contributed by atoms with Crippen molar-refractivity contribution in [2.75, 3.05) is 7.05 Å². The van der Waals surface area contributed by atoms with E-state index in [0.29, 0.717) is 11.6 Å². The molecule has 1 amide bonds. The predicted octanol–water partition coefficient (Wildman–Crippen LogP) is 3.05. The molecule has 0 radical (unpaired) electrons. The standard InChI is InChI=1S/C17H19N3O/c1-20(16-9-8-11-4-2-3-5-13(11)16)17(21)15-10-14(18-19-15)12-6-7-12/h2-5,10,12,16H,6-9H2,1H3,(H,18,19). The van der Waals surface area contributed by atoms with Crippen LogP contribution < -0.4 is 0 Å². The van der Waals surface area contributed by atoms with E-state index < -0.39 is 0 Å². The number of carbonyl (C=O) groups is 1. The number of nitrogens with zero attached hydrogens (tertiary/aromatic N) is 2. The second kappa shape index (κ2) is 4.72. The number of hydrogen-bond donors (Lipinski definition) is 1. The molecule has 108 valence electrons. The number of rotatable bonds is 3. The summed E-state index contributed by atoms with van der Waals surface area (Å²) in [5, 5.41) is 7.23. The molecule has 1 saturated carbocycles. The second-order valence-electron chi connectivity index (χ2n) is 6.15. The average molecular weight is 281 g/mol. The van der Waals surface area contributed by atoms with E-state index in [4.69, 9.17) is 0 Å². The van der Waals surface area contributed by atoms with E-state index in [1.165, 1.54) is 24.0 Å². The van der Waals surface area contributed by atoms with Gasteiger partial charge in [0.25, 0.3) is 5.91 Å². The van der Waals surface area contributed by atoms with Crippen molar-refractivity contribution >= 4 is 5.91 Å². The summed E-state index contributed by atoms with van der Waals surface area (Å²) in [6.07, 6.45) is 4.47. The van der Waals surface area contributed by atoms with Gasteiger partial charge in [-0.05, 0) is 42.9 Å². The molecule has 2 aliphatic rings. The Balaban J connectivity index is 1.56. The minimum Gasteiger partial charge on any atom is -0.333 e. The normalized spacial score (nSPS) is 20.3. The average Bonchev–Trinajstić information content (AvgIpc) is 3.10. The van der Waals surface area contributed by atoms with Gasteiger partial charge in [0, 0.05) is 18.7 Å². The Kier molecular flexibility index (Phi) is 2.84. The first kappa shape index (κ1) is 12.6. The zero-order valence-electron chi connectivity index (χ0n) is 12.2. The molecule has 21 heavy (non-hydrogen) atoms. The molecule has 0 bridgehead atoms. The van der Waals surface area contributed by atoms with Crippen LogP contribution in [0.1, 0.15) is 58.5 Å². The fourth-order valence-corrected chi connectivity index (χ4v) is 3.31. The lowest BCUT2D eigenvalue weighted by Crippen LogP contribution is -2.30. The highest BCUT2D eigenvalue weighted by Gasteiger charge is 2.31. The fourth-order valence-electron chi connectivity index (χ4n) is 3.31. The first-order chi connectivity index (χ1) is 10.2. The third-order valence-electron chi connectivity index (χ3n) is 4.72. The molecule has 0 spiro atoms. The minimum atomic E-state index is 0.0138. The van der Waals surface area contributed by atoms with Gasteiger partial charge in [-0.15, -0.1) is 0 Å². The smallest absolute Gasteiger partial charge is 0.274 e. The first-order valence-corrected chi connectivity index (χ1v) is 7.64. The lowest BCUT2D eigenvalue weighted by molar-refractivity contribution is 0.0724. The first-order valence-electron chi connectivity index (χ1n) is 7.64. The third kappa shape index (κ3) is 2.15. The summed E-state index contributed by atoms with van der Waals surface area (Å²) in [6, 6.07) is 10.5. The Bertz CT molecular complexity index is 687. The van der Waals surface area contributed by atoms with E-state index in [-0.39, 0.29) is 11.9 Å². The molecular weight excluding hydrogens is 262 g/mol. The topological polar surface area (TPSA) is 49.0 Å². The summed E-state index contributed by atoms with van der Waals surface area (Å²) in [7, 11) is 1.89. The Morgan fingerprint density at radius 1 is 1.29 bits per heavy atom. The van der Waals surface area contributed by atoms with E-state index >= 15 is 0 Å². The number of nitrogens with one attached hydrogen (secondary N) is 1. The Morgan fingerprint density at radius 2 is 2.10 bits per heavy atom. The van der Waals surface area contributed by atoms with Crippen molar-refractivity contribution < 1.29 is 4.79 Å². The van der Waals surface area contributed by atoms with Gasteiger partial charge in [0.2, 0.25) is 0 Å². The van der Waals surface area contributed by atoms with Crippen LogP contribution in [0.15, 0.2) is 30.3 Å². The predicted molar refractivity (Wildman–Crippen MR) is 80.2 cm³/mol. The monoisotopic (exact) mass is 281 g/mol. The molecular formula is C17H19N3O. The van der Waals surface area contributed by atoms with E-state index in [1.807, 2.05) is 18.0 Å². The van der Waals surface area contributed by atoms with Crippen LogP contribution in [0.2, 0.25) is 0 Å². The van der Waals surface area contributed by atoms with E-state index in [1.54, 1.807) is 0 Å². The third-order valence-corrected chi connectivity index (χ3v) is 4.72. The number of aryl methyl sites for hydroxylation is 1. The van der Waals surface area contributed by atoms with Crippen LogP contribution >= 0.6 is 0 Å². The summed E-state index contributed by atoms with van der Waals surface area (Å²) in [6.45, 7) is 0. The number of aromatic amines is 1. The molecule has 0 aliphatic heterocycles. The summed E-state index contributed by atoms with van der Waals surface area (Å²) in [5.41, 5.74) is 4.30. The SMILES string of the molecule is CN(C(=O)c1cc(C2CC2)[nH]n1)C1CCc2ccccc21. The molecule has 4 rings (SSSR count). The second-order valence-corrected chi connectivity index (χ2v) is 6.15. The van der Waals surface area contributed by atoms with Gasteiger partial charge in [0.1, 0.15) is 5.69 Å². The maximum absolute atomic E-state index is 12.6. The molecule has 1 aromatic carbocycles. The van der Waals surface area contributed by atoms with Gasteiger partial charge in [0.15, 0.2) is 0 Å². The van der Waals surface area contributed by atoms with E-state index in [2.05, 4.69) is 34.5 Å². The number of aromatic nitrogens is 2. The quantitative estimate of drug-likeness (QED) is 0.940. The van der Waals surface area contributed by atoms with Crippen molar-refractivity contribution in [3.05, 3.63) is 52.8 Å². The zero-order chi connectivity index (χ0) is 14.4. The summed E-state index contributed by atoms with van der Waals surface area (Å²) < 4.78 is 0. The van der Waals surface area contributed by atoms with E-state index in [0.717, 1.165) is 18.5 Å². The number of fused-ring (bicyclic) bond motifs is 1. The van der Waals surface area contributed by atoms with Crippen molar-refractivity contribution in [3.63, 3.8) is 0 Å². The molecule has 1 fully saturated rings. The van der Waals surface area contributed by atoms with E-state index in [9.17, 15) is 4.79 Å². The summed E-state index contributed by atoms with van der Waals surface area (Å²) in [5.74, 6) is 0.608. The maximum atomic E-state index is 12.6. The number of amides is 1. The van der Waals surface area contributed by atoms with Crippen LogP contribution in [0.3, 0.4) is 0 Å². The molecule has 1 N–H and O–H groups in total. The largest absolute Gasteiger partial charge is 0.333 e. The van der Waals surface area contributed by atoms with Crippen LogP contribution in [0.4, 0.5) is 0 Å². The molecule has 1 aromatic heterocycles. The van der Waals surface area contributed by atoms with Gasteiger partial charge in [-0.1, -0.05) is 24.3 Å². The molecule has 4 heteroatoms. The molecule has 2 aromatic rings. The van der Waals surface area contributed by atoms with Gasteiger partial charge >= 0.3 is 0 Å². The minimum absolute atomic E-state index is 0.0138. The molecule has 4 nitrogen and oxygen atoms in total. The van der Waals surface area contributed by atoms with Crippen molar-refractivity contribution in [3.8, 4) is 0 Å². The van der Waals surface area contributed by atoms with Crippen LogP contribution in [0.5, 0.6) is 0 Å². The number of hydrogen-bond acceptors (Lipinski definition) is 2. The van der Waals surface area contributed by atoms with Gasteiger partial charge in [-0.25, -0.2) is 0 Å². The van der Waals surface area contributed by atoms with Crippen molar-refractivity contribution in [1.29, 1.82) is 0 Å². The van der Waals surface area contributed by atoms with Gasteiger partial charge < -0.3 is 4.90 Å². The molecule has 1 atom stereocenters. The molecule has 1 unspecified atom stereocenters. The van der Waals surface area contributed by atoms with Crippen molar-refractivity contribution in [1.82, 2.24) is 15.1 Å². The molecule has 1 heterocycles. The van der Waals surface area contributed by atoms with Crippen LogP contribution in [-0.2, 0) is 6.42 Å². The van der Waals surface area contributed by atoms with Gasteiger partial charge in [-0.3, -0.25) is 9.89 Å². The molecule has 2 aliphatic carbocycles. The van der Waals surface area contributed by atoms with Gasteiger partial charge in [0.05, 0.1) is 6.04 Å². The van der Waals surface area contributed by atoms with Crippen LogP contribution in [0.25, 0.3) is 0 Å². The lowest BCUT2D eigenvalue weighted by Gasteiger charge is -2.24.